The highest BCUT2D eigenvalue weighted by atomic mass is 16.5. The van der Waals surface area contributed by atoms with E-state index in [-0.39, 0.29) is 24.0 Å². The number of hydrogen-bond acceptors (Lipinski definition) is 8. The molecule has 12 heteroatoms. The number of piperidine rings is 1. The van der Waals surface area contributed by atoms with Gasteiger partial charge in [-0.2, -0.15) is 5.10 Å². The minimum atomic E-state index is -1.18. The largest absolute Gasteiger partial charge is 0.486 e. The number of aliphatic hydroxyl groups excluding tert-OH is 2. The quantitative estimate of drug-likeness (QED) is 0.133. The molecular formula is C41H50N4O8. The van der Waals surface area contributed by atoms with Gasteiger partial charge in [-0.25, -0.2) is 19.3 Å². The van der Waals surface area contributed by atoms with Gasteiger partial charge in [-0.05, 0) is 98.2 Å². The number of aliphatic hydroxyl groups is 2. The van der Waals surface area contributed by atoms with Crippen LogP contribution in [0, 0.1) is 0 Å². The molecular weight excluding hydrogens is 676 g/mol. The van der Waals surface area contributed by atoms with Crippen LogP contribution in [0.2, 0.25) is 0 Å². The molecule has 2 aromatic carbocycles. The van der Waals surface area contributed by atoms with E-state index in [1.807, 2.05) is 32.0 Å². The van der Waals surface area contributed by atoms with Crippen LogP contribution in [0.4, 0.5) is 0 Å². The average molecular weight is 727 g/mol. The Morgan fingerprint density at radius 1 is 0.887 bits per heavy atom. The number of fused-ring (bicyclic) bond motifs is 1. The Bertz CT molecular complexity index is 1920. The normalized spacial score (nSPS) is 16.6. The highest BCUT2D eigenvalue weighted by molar-refractivity contribution is 5.88. The van der Waals surface area contributed by atoms with Crippen LogP contribution < -0.4 is 4.74 Å². The molecule has 0 spiro atoms. The van der Waals surface area contributed by atoms with Crippen molar-refractivity contribution >= 4 is 17.8 Å². The molecule has 2 aliphatic rings. The molecule has 3 atom stereocenters. The van der Waals surface area contributed by atoms with Gasteiger partial charge in [0.25, 0.3) is 5.91 Å². The molecule has 1 saturated heterocycles. The zero-order valence-corrected chi connectivity index (χ0v) is 30.9. The van der Waals surface area contributed by atoms with Crippen LogP contribution in [-0.4, -0.2) is 83.2 Å². The van der Waals surface area contributed by atoms with Gasteiger partial charge in [-0.15, -0.1) is 0 Å². The first kappa shape index (κ1) is 39.1. The first-order valence-corrected chi connectivity index (χ1v) is 18.6. The van der Waals surface area contributed by atoms with Gasteiger partial charge in [-0.3, -0.25) is 4.79 Å². The van der Waals surface area contributed by atoms with Gasteiger partial charge in [-0.1, -0.05) is 58.0 Å². The van der Waals surface area contributed by atoms with Gasteiger partial charge in [0.2, 0.25) is 0 Å². The molecule has 3 heterocycles. The van der Waals surface area contributed by atoms with Crippen molar-refractivity contribution in [3.63, 3.8) is 0 Å². The fraction of sp³-hybridized carbons (Fsp3) is 0.439. The number of benzene rings is 2. The van der Waals surface area contributed by atoms with E-state index in [9.17, 15) is 24.6 Å². The number of rotatable bonds is 12. The molecule has 1 aliphatic heterocycles. The number of carboxylic acids is 2. The van der Waals surface area contributed by atoms with E-state index in [4.69, 9.17) is 19.9 Å². The Labute approximate surface area is 310 Å². The SMILES string of the molecule is CC[C@H](O)C(=O)O.CCc1cc(O[C@H]2CCc3cccc(-c4cccc(-n5ncc(C(=O)O)c5CC)n4)c32)ccc1C1CCN(C(=O)[C@@H](O)CC)CC1. The van der Waals surface area contributed by atoms with Crippen LogP contribution in [0.15, 0.2) is 60.8 Å². The Kier molecular flexibility index (Phi) is 13.0. The summed E-state index contributed by atoms with van der Waals surface area (Å²) in [5.41, 5.74) is 7.58. The second-order valence-corrected chi connectivity index (χ2v) is 13.5. The highest BCUT2D eigenvalue weighted by Gasteiger charge is 2.30. The van der Waals surface area contributed by atoms with Crippen molar-refractivity contribution in [3.05, 3.63) is 94.3 Å². The lowest BCUT2D eigenvalue weighted by Crippen LogP contribution is -2.43. The summed E-state index contributed by atoms with van der Waals surface area (Å²) in [5.74, 6) is -0.503. The number of aryl methyl sites for hydroxylation is 2. The van der Waals surface area contributed by atoms with E-state index in [0.29, 0.717) is 43.4 Å². The van der Waals surface area contributed by atoms with Crippen molar-refractivity contribution in [1.29, 1.82) is 0 Å². The van der Waals surface area contributed by atoms with Crippen molar-refractivity contribution in [2.24, 2.45) is 0 Å². The fourth-order valence-corrected chi connectivity index (χ4v) is 7.26. The lowest BCUT2D eigenvalue weighted by Gasteiger charge is -2.34. The monoisotopic (exact) mass is 726 g/mol. The van der Waals surface area contributed by atoms with Crippen LogP contribution in [0.1, 0.15) is 110 Å². The molecule has 1 amide bonds. The molecule has 1 aliphatic carbocycles. The van der Waals surface area contributed by atoms with Crippen LogP contribution in [0.5, 0.6) is 5.75 Å². The maximum Gasteiger partial charge on any atom is 0.339 e. The lowest BCUT2D eigenvalue weighted by atomic mass is 9.85. The molecule has 12 nitrogen and oxygen atoms in total. The van der Waals surface area contributed by atoms with Gasteiger partial charge in [0.1, 0.15) is 23.5 Å². The number of amides is 1. The summed E-state index contributed by atoms with van der Waals surface area (Å²) in [7, 11) is 0. The molecule has 282 valence electrons. The van der Waals surface area contributed by atoms with Crippen molar-refractivity contribution in [2.45, 2.75) is 103 Å². The van der Waals surface area contributed by atoms with E-state index in [1.54, 1.807) is 16.5 Å². The van der Waals surface area contributed by atoms with Crippen LogP contribution in [0.25, 0.3) is 17.1 Å². The fourth-order valence-electron chi connectivity index (χ4n) is 7.26. The summed E-state index contributed by atoms with van der Waals surface area (Å²) in [6.45, 7) is 8.86. The third kappa shape index (κ3) is 8.77. The summed E-state index contributed by atoms with van der Waals surface area (Å²) >= 11 is 0. The Hall–Kier alpha value is -5.07. The number of nitrogens with zero attached hydrogens (tertiary/aromatic N) is 4. The Morgan fingerprint density at radius 2 is 1.60 bits per heavy atom. The molecule has 6 rings (SSSR count). The highest BCUT2D eigenvalue weighted by Crippen LogP contribution is 2.42. The summed E-state index contributed by atoms with van der Waals surface area (Å²) < 4.78 is 8.35. The maximum absolute atomic E-state index is 12.5. The lowest BCUT2D eigenvalue weighted by molar-refractivity contribution is -0.146. The molecule has 1 fully saturated rings. The summed E-state index contributed by atoms with van der Waals surface area (Å²) in [6.07, 6.45) is 4.85. The van der Waals surface area contributed by atoms with Gasteiger partial charge < -0.3 is 30.1 Å². The first-order chi connectivity index (χ1) is 25.5. The Balaban J connectivity index is 0.000000705. The summed E-state index contributed by atoms with van der Waals surface area (Å²) in [4.78, 5) is 40.6. The third-order valence-corrected chi connectivity index (χ3v) is 10.2. The summed E-state index contributed by atoms with van der Waals surface area (Å²) in [5, 5.41) is 40.2. The molecule has 53 heavy (non-hydrogen) atoms. The second kappa shape index (κ2) is 17.6. The molecule has 4 aromatic rings. The van der Waals surface area contributed by atoms with E-state index in [2.05, 4.69) is 48.4 Å². The molecule has 2 aromatic heterocycles. The van der Waals surface area contributed by atoms with Crippen LogP contribution in [0.3, 0.4) is 0 Å². The number of pyridine rings is 1. The summed E-state index contributed by atoms with van der Waals surface area (Å²) in [6, 6.07) is 18.5. The van der Waals surface area contributed by atoms with E-state index < -0.39 is 24.1 Å². The first-order valence-electron chi connectivity index (χ1n) is 18.6. The zero-order chi connectivity index (χ0) is 38.2. The predicted octanol–water partition coefficient (Wildman–Crippen LogP) is 6.14. The van der Waals surface area contributed by atoms with Crippen LogP contribution >= 0.6 is 0 Å². The number of likely N-dealkylation sites (tertiary alicyclic amines) is 1. The van der Waals surface area contributed by atoms with Crippen molar-refractivity contribution < 1.29 is 39.5 Å². The molecule has 4 N–H and O–H groups in total. The van der Waals surface area contributed by atoms with Gasteiger partial charge >= 0.3 is 11.9 Å². The van der Waals surface area contributed by atoms with Crippen molar-refractivity contribution in [3.8, 4) is 22.8 Å². The van der Waals surface area contributed by atoms with Gasteiger partial charge in [0.15, 0.2) is 11.9 Å². The standard InChI is InChI=1S/C37H42N4O5.C4H8O3/c1-4-23-21-26(14-15-27(23)24-17-19-40(20-18-24)36(43)32(42)6-3)46-33-16-13-25-9-7-10-28(35(25)33)30-11-8-12-34(39-30)41-31(5-2)29(22-38-41)37(44)45;1-2-3(5)4(6)7/h7-12,14-15,21-22,24,32-33,42H,4-6,13,16-20H2,1-3H3,(H,44,45);3,5H,2H2,1H3,(H,6,7)/t32-,33-;3-/m00/s1. The smallest absolute Gasteiger partial charge is 0.339 e. The second-order valence-electron chi connectivity index (χ2n) is 13.5. The number of aromatic carboxylic acids is 1. The third-order valence-electron chi connectivity index (χ3n) is 10.2. The number of aliphatic carboxylic acids is 1. The number of carbonyl (C=O) groups excluding carboxylic acids is 1. The van der Waals surface area contributed by atoms with Crippen LogP contribution in [-0.2, 0) is 28.9 Å². The molecule has 0 unspecified atom stereocenters. The van der Waals surface area contributed by atoms with Gasteiger partial charge in [0, 0.05) is 24.2 Å². The van der Waals surface area contributed by atoms with Gasteiger partial charge in [0.05, 0.1) is 17.6 Å². The van der Waals surface area contributed by atoms with E-state index in [0.717, 1.165) is 54.7 Å². The number of aromatic nitrogens is 3. The molecule has 0 saturated carbocycles. The Morgan fingerprint density at radius 3 is 2.23 bits per heavy atom. The minimum absolute atomic E-state index is 0.124. The number of carboxylic acid groups (broad SMARTS) is 2. The van der Waals surface area contributed by atoms with E-state index in [1.165, 1.54) is 22.9 Å². The minimum Gasteiger partial charge on any atom is -0.486 e. The number of hydrogen-bond donors (Lipinski definition) is 4. The zero-order valence-electron chi connectivity index (χ0n) is 30.9. The number of ether oxygens (including phenoxy) is 1. The van der Waals surface area contributed by atoms with E-state index >= 15 is 0 Å². The maximum atomic E-state index is 12.5. The average Bonchev–Trinajstić information content (AvgIpc) is 3.82. The van der Waals surface area contributed by atoms with Crippen molar-refractivity contribution in [2.75, 3.05) is 13.1 Å². The molecule has 0 radical (unpaired) electrons. The molecule has 0 bridgehead atoms. The predicted molar refractivity (Wildman–Crippen MR) is 199 cm³/mol. The topological polar surface area (TPSA) is 175 Å². The number of carbonyl (C=O) groups is 3. The van der Waals surface area contributed by atoms with Crippen molar-refractivity contribution in [1.82, 2.24) is 19.7 Å².